The van der Waals surface area contributed by atoms with E-state index in [9.17, 15) is 4.79 Å². The van der Waals surface area contributed by atoms with Gasteiger partial charge in [0.15, 0.2) is 0 Å². The average molecular weight is 180 g/mol. The molecule has 0 aromatic rings. The van der Waals surface area contributed by atoms with Crippen molar-refractivity contribution in [1.82, 2.24) is 10.2 Å². The minimum Gasteiger partial charge on any atom is -0.351 e. The van der Waals surface area contributed by atoms with E-state index in [1.807, 2.05) is 0 Å². The van der Waals surface area contributed by atoms with Crippen LogP contribution in [-0.2, 0) is 4.79 Å². The fourth-order valence-electron chi connectivity index (χ4n) is 3.29. The van der Waals surface area contributed by atoms with Gasteiger partial charge in [0.2, 0.25) is 5.91 Å². The molecule has 1 N–H and O–H groups in total. The Morgan fingerprint density at radius 3 is 3.15 bits per heavy atom. The first-order valence-corrected chi connectivity index (χ1v) is 5.38. The Hall–Kier alpha value is -0.570. The second kappa shape index (κ2) is 2.71. The maximum absolute atomic E-state index is 11.3. The van der Waals surface area contributed by atoms with Crippen molar-refractivity contribution in [2.24, 2.45) is 5.92 Å². The summed E-state index contributed by atoms with van der Waals surface area (Å²) < 4.78 is 0. The molecule has 1 amide bonds. The van der Waals surface area contributed by atoms with Gasteiger partial charge in [-0.15, -0.1) is 0 Å². The van der Waals surface area contributed by atoms with Crippen LogP contribution in [0.15, 0.2) is 0 Å². The largest absolute Gasteiger partial charge is 0.351 e. The van der Waals surface area contributed by atoms with E-state index in [2.05, 4.69) is 10.2 Å². The molecule has 3 rings (SSSR count). The quantitative estimate of drug-likeness (QED) is 0.583. The molecule has 3 heterocycles. The summed E-state index contributed by atoms with van der Waals surface area (Å²) >= 11 is 0. The number of hydrogen-bond donors (Lipinski definition) is 1. The number of carbonyl (C=O) groups is 1. The summed E-state index contributed by atoms with van der Waals surface area (Å²) in [7, 11) is 0. The summed E-state index contributed by atoms with van der Waals surface area (Å²) in [6.07, 6.45) is 4.63. The molecule has 0 aromatic heterocycles. The lowest BCUT2D eigenvalue weighted by Gasteiger charge is -2.38. The van der Waals surface area contributed by atoms with Gasteiger partial charge in [0.1, 0.15) is 0 Å². The highest BCUT2D eigenvalue weighted by Crippen LogP contribution is 2.35. The molecule has 3 aliphatic heterocycles. The van der Waals surface area contributed by atoms with Crippen LogP contribution in [-0.4, -0.2) is 36.0 Å². The van der Waals surface area contributed by atoms with Crippen LogP contribution in [0, 0.1) is 5.92 Å². The number of fused-ring (bicyclic) bond motifs is 3. The molecule has 3 unspecified atom stereocenters. The first-order valence-electron chi connectivity index (χ1n) is 5.38. The molecule has 13 heavy (non-hydrogen) atoms. The number of nitrogens with zero attached hydrogens (tertiary/aromatic N) is 1. The SMILES string of the molecule is O=C1CC2CCN3CCCC3C2N1. The lowest BCUT2D eigenvalue weighted by molar-refractivity contribution is -0.119. The predicted molar refractivity (Wildman–Crippen MR) is 49.2 cm³/mol. The van der Waals surface area contributed by atoms with Crippen molar-refractivity contribution in [2.45, 2.75) is 37.8 Å². The Balaban J connectivity index is 1.83. The lowest BCUT2D eigenvalue weighted by Crippen LogP contribution is -2.51. The monoisotopic (exact) mass is 180 g/mol. The van der Waals surface area contributed by atoms with Gasteiger partial charge in [-0.25, -0.2) is 0 Å². The molecule has 0 aromatic carbocycles. The van der Waals surface area contributed by atoms with Gasteiger partial charge < -0.3 is 5.32 Å². The van der Waals surface area contributed by atoms with Crippen LogP contribution in [0.2, 0.25) is 0 Å². The van der Waals surface area contributed by atoms with Gasteiger partial charge in [0.25, 0.3) is 0 Å². The molecule has 0 radical (unpaired) electrons. The summed E-state index contributed by atoms with van der Waals surface area (Å²) in [5.41, 5.74) is 0. The van der Waals surface area contributed by atoms with E-state index in [1.54, 1.807) is 0 Å². The number of nitrogens with one attached hydrogen (secondary N) is 1. The van der Waals surface area contributed by atoms with Gasteiger partial charge in [0.05, 0.1) is 0 Å². The third kappa shape index (κ3) is 1.10. The molecule has 72 valence electrons. The minimum atomic E-state index is 0.281. The van der Waals surface area contributed by atoms with Crippen LogP contribution in [0.4, 0.5) is 0 Å². The van der Waals surface area contributed by atoms with Gasteiger partial charge in [-0.1, -0.05) is 0 Å². The van der Waals surface area contributed by atoms with E-state index in [4.69, 9.17) is 0 Å². The van der Waals surface area contributed by atoms with Crippen LogP contribution in [0.3, 0.4) is 0 Å². The van der Waals surface area contributed by atoms with E-state index >= 15 is 0 Å². The zero-order chi connectivity index (χ0) is 8.84. The fourth-order valence-corrected chi connectivity index (χ4v) is 3.29. The molecule has 3 heteroatoms. The predicted octanol–water partition coefficient (Wildman–Crippen LogP) is 0.359. The van der Waals surface area contributed by atoms with Crippen molar-refractivity contribution in [1.29, 1.82) is 0 Å². The lowest BCUT2D eigenvalue weighted by atomic mass is 9.87. The molecule has 0 aliphatic carbocycles. The summed E-state index contributed by atoms with van der Waals surface area (Å²) in [4.78, 5) is 13.8. The first kappa shape index (κ1) is 7.80. The Labute approximate surface area is 78.5 Å². The molecule has 0 bridgehead atoms. The molecule has 3 saturated heterocycles. The molecule has 3 aliphatic rings. The maximum atomic E-state index is 11.3. The van der Waals surface area contributed by atoms with Crippen molar-refractivity contribution >= 4 is 5.91 Å². The van der Waals surface area contributed by atoms with Gasteiger partial charge in [-0.3, -0.25) is 9.69 Å². The second-order valence-electron chi connectivity index (χ2n) is 4.59. The smallest absolute Gasteiger partial charge is 0.220 e. The number of piperidine rings is 1. The Kier molecular flexibility index (Phi) is 1.62. The Morgan fingerprint density at radius 2 is 2.23 bits per heavy atom. The van der Waals surface area contributed by atoms with Crippen molar-refractivity contribution in [3.63, 3.8) is 0 Å². The van der Waals surface area contributed by atoms with Crippen molar-refractivity contribution in [3.05, 3.63) is 0 Å². The van der Waals surface area contributed by atoms with Gasteiger partial charge in [-0.2, -0.15) is 0 Å². The van der Waals surface area contributed by atoms with E-state index in [0.29, 0.717) is 18.0 Å². The molecule has 3 fully saturated rings. The molecule has 3 nitrogen and oxygen atoms in total. The van der Waals surface area contributed by atoms with Gasteiger partial charge in [-0.05, 0) is 38.3 Å². The van der Waals surface area contributed by atoms with Gasteiger partial charge in [0, 0.05) is 18.5 Å². The van der Waals surface area contributed by atoms with E-state index < -0.39 is 0 Å². The summed E-state index contributed by atoms with van der Waals surface area (Å²) in [6.45, 7) is 2.48. The standard InChI is InChI=1S/C10H16N2O/c13-9-6-7-3-5-12-4-1-2-8(12)10(7)11-9/h7-8,10H,1-6H2,(H,11,13). The van der Waals surface area contributed by atoms with E-state index in [-0.39, 0.29) is 5.91 Å². The van der Waals surface area contributed by atoms with Crippen molar-refractivity contribution in [2.75, 3.05) is 13.1 Å². The van der Waals surface area contributed by atoms with Crippen LogP contribution >= 0.6 is 0 Å². The third-order valence-corrected chi connectivity index (χ3v) is 3.90. The van der Waals surface area contributed by atoms with Crippen LogP contribution in [0.25, 0.3) is 0 Å². The fraction of sp³-hybridized carbons (Fsp3) is 0.900. The Bertz CT molecular complexity index is 241. The summed E-state index contributed by atoms with van der Waals surface area (Å²) in [5, 5.41) is 3.15. The van der Waals surface area contributed by atoms with Gasteiger partial charge >= 0.3 is 0 Å². The van der Waals surface area contributed by atoms with Crippen LogP contribution in [0.5, 0.6) is 0 Å². The summed E-state index contributed by atoms with van der Waals surface area (Å²) in [5.74, 6) is 0.926. The molecular weight excluding hydrogens is 164 g/mol. The Morgan fingerprint density at radius 1 is 1.31 bits per heavy atom. The highest BCUT2D eigenvalue weighted by molar-refractivity contribution is 5.79. The topological polar surface area (TPSA) is 32.3 Å². The zero-order valence-electron chi connectivity index (χ0n) is 7.83. The van der Waals surface area contributed by atoms with E-state index in [0.717, 1.165) is 6.42 Å². The van der Waals surface area contributed by atoms with E-state index in [1.165, 1.54) is 32.4 Å². The molecule has 3 atom stereocenters. The second-order valence-corrected chi connectivity index (χ2v) is 4.59. The van der Waals surface area contributed by atoms with Crippen molar-refractivity contribution in [3.8, 4) is 0 Å². The normalized spacial score (nSPS) is 44.3. The third-order valence-electron chi connectivity index (χ3n) is 3.90. The van der Waals surface area contributed by atoms with Crippen molar-refractivity contribution < 1.29 is 4.79 Å². The summed E-state index contributed by atoms with van der Waals surface area (Å²) in [6, 6.07) is 1.16. The number of carbonyl (C=O) groups excluding carboxylic acids is 1. The average Bonchev–Trinajstić information content (AvgIpc) is 2.65. The molecular formula is C10H16N2O. The van der Waals surface area contributed by atoms with Crippen LogP contribution < -0.4 is 5.32 Å². The molecule has 0 saturated carbocycles. The minimum absolute atomic E-state index is 0.281. The highest BCUT2D eigenvalue weighted by atomic mass is 16.2. The maximum Gasteiger partial charge on any atom is 0.220 e. The highest BCUT2D eigenvalue weighted by Gasteiger charge is 2.44. The number of amides is 1. The number of hydrogen-bond acceptors (Lipinski definition) is 2. The zero-order valence-corrected chi connectivity index (χ0v) is 7.83. The number of rotatable bonds is 0. The van der Waals surface area contributed by atoms with Crippen LogP contribution in [0.1, 0.15) is 25.7 Å². The molecule has 0 spiro atoms. The first-order chi connectivity index (χ1) is 6.34.